The van der Waals surface area contributed by atoms with E-state index in [4.69, 9.17) is 4.74 Å². The maximum atomic E-state index is 13.0. The topological polar surface area (TPSA) is 88.8 Å². The summed E-state index contributed by atoms with van der Waals surface area (Å²) in [5.74, 6) is 0.303. The Balaban J connectivity index is 1.41. The van der Waals surface area contributed by atoms with Crippen molar-refractivity contribution >= 4 is 17.3 Å². The molecule has 1 aliphatic heterocycles. The summed E-state index contributed by atoms with van der Waals surface area (Å²) in [4.78, 5) is 30.9. The van der Waals surface area contributed by atoms with Crippen LogP contribution in [-0.4, -0.2) is 46.9 Å². The Bertz CT molecular complexity index is 1210. The highest BCUT2D eigenvalue weighted by molar-refractivity contribution is 5.94. The van der Waals surface area contributed by atoms with Crippen molar-refractivity contribution in [1.29, 1.82) is 0 Å². The summed E-state index contributed by atoms with van der Waals surface area (Å²) in [7, 11) is 0. The third-order valence-electron chi connectivity index (χ3n) is 5.62. The number of anilines is 1. The quantitative estimate of drug-likeness (QED) is 0.375. The number of hydrogen-bond acceptors (Lipinski definition) is 6. The maximum absolute atomic E-state index is 13.0. The highest BCUT2D eigenvalue weighted by Crippen LogP contribution is 2.36. The van der Waals surface area contributed by atoms with E-state index in [-0.39, 0.29) is 37.8 Å². The van der Waals surface area contributed by atoms with Gasteiger partial charge in [-0.3, -0.25) is 19.9 Å². The van der Waals surface area contributed by atoms with E-state index in [1.807, 2.05) is 6.07 Å². The molecule has 0 radical (unpaired) electrons. The van der Waals surface area contributed by atoms with Crippen LogP contribution in [0.3, 0.4) is 0 Å². The van der Waals surface area contributed by atoms with Crippen LogP contribution >= 0.6 is 0 Å². The van der Waals surface area contributed by atoms with Crippen LogP contribution in [0.25, 0.3) is 0 Å². The molecule has 0 N–H and O–H groups in total. The lowest BCUT2D eigenvalue weighted by atomic mass is 10.1. The number of carbonyl (C=O) groups is 1. The highest BCUT2D eigenvalue weighted by Gasteiger charge is 2.34. The normalized spacial score (nSPS) is 14.0. The number of nitro groups is 1. The zero-order chi connectivity index (χ0) is 25.0. The van der Waals surface area contributed by atoms with Gasteiger partial charge in [0, 0.05) is 55.8 Å². The summed E-state index contributed by atoms with van der Waals surface area (Å²) < 4.78 is 44.7. The van der Waals surface area contributed by atoms with Crippen LogP contribution in [-0.2, 0) is 12.8 Å². The molecule has 2 aromatic carbocycles. The molecule has 8 nitrogen and oxygen atoms in total. The molecule has 35 heavy (non-hydrogen) atoms. The van der Waals surface area contributed by atoms with Crippen molar-refractivity contribution in [2.45, 2.75) is 12.8 Å². The van der Waals surface area contributed by atoms with Gasteiger partial charge >= 0.3 is 6.18 Å². The molecule has 0 unspecified atom stereocenters. The largest absolute Gasteiger partial charge is 0.489 e. The number of aromatic nitrogens is 1. The van der Waals surface area contributed by atoms with Crippen molar-refractivity contribution in [3.8, 4) is 5.75 Å². The first kappa shape index (κ1) is 24.0. The molecule has 0 atom stereocenters. The van der Waals surface area contributed by atoms with Gasteiger partial charge in [-0.1, -0.05) is 12.1 Å². The Morgan fingerprint density at radius 1 is 1.06 bits per heavy atom. The molecular weight excluding hydrogens is 465 g/mol. The van der Waals surface area contributed by atoms with E-state index >= 15 is 0 Å². The SMILES string of the molecule is O=C(c1cccc(OCc2cccnc2)c1)N1CCN(c2ccc(C(F)(F)F)cc2[N+](=O)[O-])CC1. The van der Waals surface area contributed by atoms with Gasteiger partial charge in [-0.15, -0.1) is 0 Å². The molecule has 4 rings (SSSR count). The van der Waals surface area contributed by atoms with E-state index < -0.39 is 22.4 Å². The number of nitro benzene ring substituents is 1. The molecule has 1 amide bonds. The predicted molar refractivity (Wildman–Crippen MR) is 121 cm³/mol. The second-order valence-corrected chi connectivity index (χ2v) is 7.92. The van der Waals surface area contributed by atoms with Crippen molar-refractivity contribution in [3.63, 3.8) is 0 Å². The molecule has 11 heteroatoms. The maximum Gasteiger partial charge on any atom is 0.416 e. The van der Waals surface area contributed by atoms with E-state index in [0.717, 1.165) is 17.7 Å². The van der Waals surface area contributed by atoms with Crippen LogP contribution < -0.4 is 9.64 Å². The van der Waals surface area contributed by atoms with Gasteiger partial charge in [0.15, 0.2) is 0 Å². The lowest BCUT2D eigenvalue weighted by Crippen LogP contribution is -2.49. The first-order valence-electron chi connectivity index (χ1n) is 10.7. The summed E-state index contributed by atoms with van der Waals surface area (Å²) in [6.45, 7) is 1.32. The first-order valence-corrected chi connectivity index (χ1v) is 10.7. The number of benzene rings is 2. The lowest BCUT2D eigenvalue weighted by molar-refractivity contribution is -0.384. The zero-order valence-electron chi connectivity index (χ0n) is 18.4. The van der Waals surface area contributed by atoms with Gasteiger partial charge < -0.3 is 14.5 Å². The van der Waals surface area contributed by atoms with Crippen molar-refractivity contribution < 1.29 is 27.6 Å². The van der Waals surface area contributed by atoms with Gasteiger partial charge in [0.05, 0.1) is 10.5 Å². The third-order valence-corrected chi connectivity index (χ3v) is 5.62. The van der Waals surface area contributed by atoms with Crippen molar-refractivity contribution in [2.24, 2.45) is 0 Å². The van der Waals surface area contributed by atoms with Crippen LogP contribution in [0.2, 0.25) is 0 Å². The zero-order valence-corrected chi connectivity index (χ0v) is 18.4. The van der Waals surface area contributed by atoms with Crippen LogP contribution in [0.15, 0.2) is 67.0 Å². The lowest BCUT2D eigenvalue weighted by Gasteiger charge is -2.36. The molecule has 0 aliphatic carbocycles. The molecule has 0 saturated carbocycles. The number of amides is 1. The fourth-order valence-corrected chi connectivity index (χ4v) is 3.82. The summed E-state index contributed by atoms with van der Waals surface area (Å²) in [6, 6.07) is 12.9. The molecule has 1 fully saturated rings. The number of rotatable bonds is 6. The number of nitrogens with zero attached hydrogens (tertiary/aromatic N) is 4. The first-order chi connectivity index (χ1) is 16.7. The number of alkyl halides is 3. The number of hydrogen-bond donors (Lipinski definition) is 0. The Kier molecular flexibility index (Phi) is 6.85. The highest BCUT2D eigenvalue weighted by atomic mass is 19.4. The van der Waals surface area contributed by atoms with Crippen molar-refractivity contribution in [2.75, 3.05) is 31.1 Å². The number of pyridine rings is 1. The summed E-state index contributed by atoms with van der Waals surface area (Å²) in [5, 5.41) is 11.4. The smallest absolute Gasteiger partial charge is 0.416 e. The Morgan fingerprint density at radius 2 is 1.83 bits per heavy atom. The average Bonchev–Trinajstić information content (AvgIpc) is 2.87. The molecule has 2 heterocycles. The monoisotopic (exact) mass is 486 g/mol. The Hall–Kier alpha value is -4.15. The molecule has 1 saturated heterocycles. The van der Waals surface area contributed by atoms with Gasteiger partial charge in [-0.25, -0.2) is 0 Å². The Morgan fingerprint density at radius 3 is 2.49 bits per heavy atom. The Labute approximate surface area is 198 Å². The predicted octanol–water partition coefficient (Wildman–Crippen LogP) is 4.55. The fourth-order valence-electron chi connectivity index (χ4n) is 3.82. The molecular formula is C24H21F3N4O4. The van der Waals surface area contributed by atoms with Crippen molar-refractivity contribution in [1.82, 2.24) is 9.88 Å². The van der Waals surface area contributed by atoms with Gasteiger partial charge in [0.1, 0.15) is 18.0 Å². The van der Waals surface area contributed by atoms with E-state index in [0.29, 0.717) is 24.0 Å². The minimum atomic E-state index is -4.68. The minimum Gasteiger partial charge on any atom is -0.489 e. The number of piperazine rings is 1. The minimum absolute atomic E-state index is 0.0981. The van der Waals surface area contributed by atoms with Gasteiger partial charge in [-0.2, -0.15) is 13.2 Å². The average molecular weight is 486 g/mol. The van der Waals surface area contributed by atoms with E-state index in [1.165, 1.54) is 0 Å². The summed E-state index contributed by atoms with van der Waals surface area (Å²) in [6.07, 6.45) is -1.32. The number of ether oxygens (including phenoxy) is 1. The van der Waals surface area contributed by atoms with E-state index in [9.17, 15) is 28.1 Å². The molecule has 3 aromatic rings. The fraction of sp³-hybridized carbons (Fsp3) is 0.250. The van der Waals surface area contributed by atoms with Gasteiger partial charge in [-0.05, 0) is 36.4 Å². The molecule has 0 bridgehead atoms. The third kappa shape index (κ3) is 5.68. The molecule has 182 valence electrons. The van der Waals surface area contributed by atoms with E-state index in [2.05, 4.69) is 4.98 Å². The van der Waals surface area contributed by atoms with Crippen LogP contribution in [0.4, 0.5) is 24.5 Å². The molecule has 1 aliphatic rings. The summed E-state index contributed by atoms with van der Waals surface area (Å²) >= 11 is 0. The van der Waals surface area contributed by atoms with Gasteiger partial charge in [0.25, 0.3) is 11.6 Å². The molecule has 0 spiro atoms. The van der Waals surface area contributed by atoms with Gasteiger partial charge in [0.2, 0.25) is 0 Å². The van der Waals surface area contributed by atoms with Crippen LogP contribution in [0.5, 0.6) is 5.75 Å². The van der Waals surface area contributed by atoms with Crippen LogP contribution in [0, 0.1) is 10.1 Å². The second kappa shape index (κ2) is 10.00. The van der Waals surface area contributed by atoms with Crippen LogP contribution in [0.1, 0.15) is 21.5 Å². The summed E-state index contributed by atoms with van der Waals surface area (Å²) in [5.41, 5.74) is -0.272. The molecule has 1 aromatic heterocycles. The second-order valence-electron chi connectivity index (χ2n) is 7.92. The van der Waals surface area contributed by atoms with E-state index in [1.54, 1.807) is 52.5 Å². The number of halogens is 3. The standard InChI is InChI=1S/C24H21F3N4O4/c25-24(26,27)19-6-7-21(22(14-19)31(33)34)29-9-11-30(12-10-29)23(32)18-4-1-5-20(13-18)35-16-17-3-2-8-28-15-17/h1-8,13-15H,9-12,16H2. The van der Waals surface area contributed by atoms with Crippen molar-refractivity contribution in [3.05, 3.63) is 93.8 Å². The number of carbonyl (C=O) groups excluding carboxylic acids is 1.